The van der Waals surface area contributed by atoms with Crippen molar-refractivity contribution >= 4 is 29.5 Å². The summed E-state index contributed by atoms with van der Waals surface area (Å²) in [6.45, 7) is 5.99. The Labute approximate surface area is 200 Å². The van der Waals surface area contributed by atoms with Gasteiger partial charge in [-0.15, -0.1) is 0 Å². The molecule has 1 aliphatic heterocycles. The molecule has 2 amide bonds. The third-order valence-corrected chi connectivity index (χ3v) is 7.23. The van der Waals surface area contributed by atoms with Crippen molar-refractivity contribution in [2.24, 2.45) is 17.8 Å². The van der Waals surface area contributed by atoms with Gasteiger partial charge in [-0.1, -0.05) is 42.7 Å². The number of carbonyl (C=O) groups excluding carboxylic acids is 2. The van der Waals surface area contributed by atoms with E-state index >= 15 is 0 Å². The molecule has 2 aliphatic rings. The zero-order valence-corrected chi connectivity index (χ0v) is 20.3. The molecule has 0 radical (unpaired) electrons. The Morgan fingerprint density at radius 1 is 1.27 bits per heavy atom. The van der Waals surface area contributed by atoms with Gasteiger partial charge < -0.3 is 15.3 Å². The number of halogens is 1. The Morgan fingerprint density at radius 3 is 2.61 bits per heavy atom. The minimum absolute atomic E-state index is 0.104. The molecule has 4 atom stereocenters. The van der Waals surface area contributed by atoms with Crippen molar-refractivity contribution < 1.29 is 24.9 Å². The van der Waals surface area contributed by atoms with Crippen LogP contribution >= 0.6 is 11.6 Å². The highest BCUT2D eigenvalue weighted by molar-refractivity contribution is 6.32. The van der Waals surface area contributed by atoms with Gasteiger partial charge in [-0.25, -0.2) is 0 Å². The zero-order chi connectivity index (χ0) is 24.3. The van der Waals surface area contributed by atoms with Crippen molar-refractivity contribution in [2.75, 3.05) is 13.2 Å². The molecule has 0 unspecified atom stereocenters. The lowest BCUT2D eigenvalue weighted by atomic mass is 9.67. The number of carbonyl (C=O) groups is 2. The molecule has 1 saturated heterocycles. The number of amides is 2. The van der Waals surface area contributed by atoms with Gasteiger partial charge in [-0.2, -0.15) is 0 Å². The van der Waals surface area contributed by atoms with Crippen LogP contribution in [0.15, 0.2) is 34.9 Å². The van der Waals surface area contributed by atoms with Gasteiger partial charge >= 0.3 is 0 Å². The first-order valence-electron chi connectivity index (χ1n) is 11.7. The van der Waals surface area contributed by atoms with Crippen molar-refractivity contribution in [1.82, 2.24) is 4.90 Å². The molecule has 0 aromatic heterocycles. The second-order valence-electron chi connectivity index (χ2n) is 9.12. The number of rotatable bonds is 9. The quantitative estimate of drug-likeness (QED) is 0.365. The zero-order valence-electron chi connectivity index (χ0n) is 19.6. The molecular formula is C26H34ClNO5. The summed E-state index contributed by atoms with van der Waals surface area (Å²) in [5, 5.41) is 31.4. The van der Waals surface area contributed by atoms with Crippen LogP contribution in [0.2, 0.25) is 5.02 Å². The van der Waals surface area contributed by atoms with E-state index in [1.807, 2.05) is 26.8 Å². The predicted molar refractivity (Wildman–Crippen MR) is 129 cm³/mol. The SMILES string of the molecule is CCCN1C(=O)[C@@H]2[C@@H](CC(CC)=C([C@H](O)CC/C(C)=C/c3ccc(O)cc3Cl)[C@@H]2CO)C1=O. The van der Waals surface area contributed by atoms with Gasteiger partial charge in [0.2, 0.25) is 11.8 Å². The fraction of sp³-hybridized carbons (Fsp3) is 0.538. The van der Waals surface area contributed by atoms with Crippen LogP contribution in [0.3, 0.4) is 0 Å². The number of nitrogens with zero attached hydrogens (tertiary/aromatic N) is 1. The van der Waals surface area contributed by atoms with Crippen LogP contribution in [0, 0.1) is 17.8 Å². The summed E-state index contributed by atoms with van der Waals surface area (Å²) in [4.78, 5) is 27.3. The van der Waals surface area contributed by atoms with E-state index in [0.717, 1.165) is 22.3 Å². The molecule has 0 saturated carbocycles. The lowest BCUT2D eigenvalue weighted by Gasteiger charge is -2.36. The maximum atomic E-state index is 13.0. The lowest BCUT2D eigenvalue weighted by molar-refractivity contribution is -0.140. The molecule has 6 nitrogen and oxygen atoms in total. The summed E-state index contributed by atoms with van der Waals surface area (Å²) >= 11 is 6.19. The number of imide groups is 1. The Hall–Kier alpha value is -2.15. The molecule has 1 fully saturated rings. The van der Waals surface area contributed by atoms with E-state index in [4.69, 9.17) is 11.6 Å². The van der Waals surface area contributed by atoms with Crippen LogP contribution < -0.4 is 0 Å². The number of fused-ring (bicyclic) bond motifs is 1. The highest BCUT2D eigenvalue weighted by Gasteiger charge is 2.54. The number of benzene rings is 1. The van der Waals surface area contributed by atoms with E-state index in [1.165, 1.54) is 11.0 Å². The molecule has 0 spiro atoms. The third kappa shape index (κ3) is 5.18. The average Bonchev–Trinajstić information content (AvgIpc) is 3.02. The van der Waals surface area contributed by atoms with Gasteiger partial charge in [0.25, 0.3) is 0 Å². The van der Waals surface area contributed by atoms with Crippen LogP contribution in [0.4, 0.5) is 0 Å². The maximum Gasteiger partial charge on any atom is 0.233 e. The van der Waals surface area contributed by atoms with E-state index < -0.39 is 23.9 Å². The minimum atomic E-state index is -0.806. The molecule has 0 bridgehead atoms. The Balaban J connectivity index is 1.80. The smallest absolute Gasteiger partial charge is 0.233 e. The van der Waals surface area contributed by atoms with Crippen LogP contribution in [0.5, 0.6) is 5.75 Å². The first kappa shape index (κ1) is 25.5. The summed E-state index contributed by atoms with van der Waals surface area (Å²) in [5.74, 6) is -1.83. The number of allylic oxidation sites excluding steroid dienone is 2. The third-order valence-electron chi connectivity index (χ3n) is 6.90. The molecule has 7 heteroatoms. The summed E-state index contributed by atoms with van der Waals surface area (Å²) in [5.41, 5.74) is 3.51. The van der Waals surface area contributed by atoms with E-state index in [2.05, 4.69) is 0 Å². The largest absolute Gasteiger partial charge is 0.508 e. The van der Waals surface area contributed by atoms with Crippen LogP contribution in [0.25, 0.3) is 6.08 Å². The van der Waals surface area contributed by atoms with E-state index in [1.54, 1.807) is 12.1 Å². The topological polar surface area (TPSA) is 98.1 Å². The highest BCUT2D eigenvalue weighted by atomic mass is 35.5. The monoisotopic (exact) mass is 475 g/mol. The predicted octanol–water partition coefficient (Wildman–Crippen LogP) is 4.32. The molecule has 1 aromatic rings. The lowest BCUT2D eigenvalue weighted by Crippen LogP contribution is -2.39. The number of likely N-dealkylation sites (tertiary alicyclic amines) is 1. The molecule has 3 rings (SSSR count). The minimum Gasteiger partial charge on any atom is -0.508 e. The second-order valence-corrected chi connectivity index (χ2v) is 9.52. The van der Waals surface area contributed by atoms with Gasteiger partial charge in [0.05, 0.1) is 29.6 Å². The maximum absolute atomic E-state index is 13.0. The Morgan fingerprint density at radius 2 is 2.00 bits per heavy atom. The summed E-state index contributed by atoms with van der Waals surface area (Å²) in [7, 11) is 0. The first-order valence-corrected chi connectivity index (χ1v) is 12.1. The van der Waals surface area contributed by atoms with E-state index in [0.29, 0.717) is 43.7 Å². The van der Waals surface area contributed by atoms with Crippen molar-refractivity contribution in [3.8, 4) is 5.75 Å². The normalized spacial score (nSPS) is 24.5. The van der Waals surface area contributed by atoms with Crippen molar-refractivity contribution in [2.45, 2.75) is 59.0 Å². The molecule has 1 aromatic carbocycles. The number of hydrogen-bond acceptors (Lipinski definition) is 5. The number of phenols is 1. The van der Waals surface area contributed by atoms with Crippen molar-refractivity contribution in [3.05, 3.63) is 45.5 Å². The second kappa shape index (κ2) is 10.9. The van der Waals surface area contributed by atoms with Gasteiger partial charge in [0.15, 0.2) is 0 Å². The average molecular weight is 476 g/mol. The van der Waals surface area contributed by atoms with Gasteiger partial charge in [-0.05, 0) is 68.4 Å². The number of aromatic hydroxyl groups is 1. The Bertz CT molecular complexity index is 969. The van der Waals surface area contributed by atoms with E-state index in [-0.39, 0.29) is 24.2 Å². The van der Waals surface area contributed by atoms with Crippen LogP contribution in [-0.2, 0) is 9.59 Å². The van der Waals surface area contributed by atoms with Crippen molar-refractivity contribution in [3.63, 3.8) is 0 Å². The number of aliphatic hydroxyl groups excluding tert-OH is 2. The molecule has 1 aliphatic carbocycles. The summed E-state index contributed by atoms with van der Waals surface area (Å²) in [6, 6.07) is 4.80. The fourth-order valence-corrected chi connectivity index (χ4v) is 5.53. The van der Waals surface area contributed by atoms with Crippen LogP contribution in [0.1, 0.15) is 58.4 Å². The summed E-state index contributed by atoms with van der Waals surface area (Å²) in [6.07, 6.45) is 3.98. The number of phenolic OH excluding ortho intramolecular Hbond substituents is 1. The van der Waals surface area contributed by atoms with Gasteiger partial charge in [-0.3, -0.25) is 14.5 Å². The molecular weight excluding hydrogens is 442 g/mol. The van der Waals surface area contributed by atoms with Crippen molar-refractivity contribution in [1.29, 1.82) is 0 Å². The highest BCUT2D eigenvalue weighted by Crippen LogP contribution is 2.47. The number of aliphatic hydroxyl groups is 2. The number of hydrogen-bond donors (Lipinski definition) is 3. The summed E-state index contributed by atoms with van der Waals surface area (Å²) < 4.78 is 0. The standard InChI is InChI=1S/C26H34ClNO5/c1-4-10-28-25(32)19-12-16(5-2)23(20(14-29)24(19)26(28)33)22(31)9-6-15(3)11-17-7-8-18(30)13-21(17)27/h7-8,11,13,19-20,22,24,29-31H,4-6,9-10,12,14H2,1-3H3/b15-11+/t19-,20+,22-,24-/m1/s1. The van der Waals surface area contributed by atoms with Gasteiger partial charge in [0.1, 0.15) is 5.75 Å². The first-order chi connectivity index (χ1) is 15.7. The van der Waals surface area contributed by atoms with E-state index in [9.17, 15) is 24.9 Å². The molecule has 33 heavy (non-hydrogen) atoms. The molecule has 1 heterocycles. The van der Waals surface area contributed by atoms with Gasteiger partial charge in [0, 0.05) is 12.5 Å². The fourth-order valence-electron chi connectivity index (χ4n) is 5.30. The molecule has 180 valence electrons. The Kier molecular flexibility index (Phi) is 8.38. The molecule has 3 N–H and O–H groups in total. The van der Waals surface area contributed by atoms with Crippen LogP contribution in [-0.4, -0.2) is 51.3 Å².